The molecule has 0 spiro atoms. The molecule has 0 aliphatic carbocycles. The number of piperazine rings is 1. The molecule has 0 unspecified atom stereocenters. The minimum atomic E-state index is -4.33. The molecular formula is C12H20F3N3O2. The van der Waals surface area contributed by atoms with Crippen molar-refractivity contribution in [2.24, 2.45) is 0 Å². The van der Waals surface area contributed by atoms with Gasteiger partial charge in [0.2, 0.25) is 5.91 Å². The maximum absolute atomic E-state index is 11.9. The molecule has 2 rings (SSSR count). The fourth-order valence-electron chi connectivity index (χ4n) is 2.37. The Kier molecular flexibility index (Phi) is 5.22. The van der Waals surface area contributed by atoms with Gasteiger partial charge in [0, 0.05) is 45.3 Å². The third-order valence-corrected chi connectivity index (χ3v) is 3.67. The maximum Gasteiger partial charge on any atom is 0.411 e. The van der Waals surface area contributed by atoms with E-state index in [2.05, 4.69) is 15.0 Å². The average molecular weight is 295 g/mol. The molecule has 0 aromatic heterocycles. The molecule has 0 aromatic carbocycles. The molecule has 1 N–H and O–H groups in total. The van der Waals surface area contributed by atoms with E-state index in [1.807, 2.05) is 0 Å². The number of ether oxygens (including phenoxy) is 1. The molecule has 20 heavy (non-hydrogen) atoms. The molecule has 0 aromatic rings. The Hall–Kier alpha value is -0.860. The lowest BCUT2D eigenvalue weighted by Gasteiger charge is -2.43. The van der Waals surface area contributed by atoms with E-state index in [4.69, 9.17) is 0 Å². The first-order chi connectivity index (χ1) is 9.46. The van der Waals surface area contributed by atoms with Crippen LogP contribution in [0.2, 0.25) is 0 Å². The molecule has 2 heterocycles. The van der Waals surface area contributed by atoms with Gasteiger partial charge in [-0.2, -0.15) is 13.2 Å². The molecule has 0 bridgehead atoms. The summed E-state index contributed by atoms with van der Waals surface area (Å²) in [7, 11) is 0. The third kappa shape index (κ3) is 4.60. The summed E-state index contributed by atoms with van der Waals surface area (Å²) in [6, 6.07) is 0.572. The van der Waals surface area contributed by atoms with Crippen LogP contribution in [-0.4, -0.2) is 80.4 Å². The molecule has 0 atom stereocenters. The van der Waals surface area contributed by atoms with E-state index in [0.717, 1.165) is 26.2 Å². The number of nitrogens with zero attached hydrogens (tertiary/aromatic N) is 2. The summed E-state index contributed by atoms with van der Waals surface area (Å²) >= 11 is 0. The van der Waals surface area contributed by atoms with Gasteiger partial charge in [-0.05, 0) is 0 Å². The highest BCUT2D eigenvalue weighted by molar-refractivity contribution is 5.76. The van der Waals surface area contributed by atoms with Crippen molar-refractivity contribution >= 4 is 5.91 Å². The zero-order chi connectivity index (χ0) is 14.6. The maximum atomic E-state index is 11.9. The highest BCUT2D eigenvalue weighted by Crippen LogP contribution is 2.15. The second-order valence-electron chi connectivity index (χ2n) is 5.15. The van der Waals surface area contributed by atoms with Crippen LogP contribution in [0.15, 0.2) is 0 Å². The summed E-state index contributed by atoms with van der Waals surface area (Å²) in [4.78, 5) is 15.9. The lowest BCUT2D eigenvalue weighted by Crippen LogP contribution is -2.62. The van der Waals surface area contributed by atoms with E-state index in [1.54, 1.807) is 4.90 Å². The van der Waals surface area contributed by atoms with Crippen molar-refractivity contribution in [2.75, 3.05) is 52.5 Å². The highest BCUT2D eigenvalue weighted by Gasteiger charge is 2.30. The zero-order valence-corrected chi connectivity index (χ0v) is 11.3. The molecule has 2 aliphatic heterocycles. The Morgan fingerprint density at radius 3 is 2.35 bits per heavy atom. The summed E-state index contributed by atoms with van der Waals surface area (Å²) in [6.45, 7) is 3.50. The van der Waals surface area contributed by atoms with Crippen LogP contribution < -0.4 is 5.32 Å². The topological polar surface area (TPSA) is 44.8 Å². The number of amides is 1. The molecular weight excluding hydrogens is 275 g/mol. The summed E-state index contributed by atoms with van der Waals surface area (Å²) in [5, 5.41) is 3.21. The van der Waals surface area contributed by atoms with Crippen molar-refractivity contribution in [2.45, 2.75) is 18.6 Å². The Bertz CT molecular complexity index is 326. The zero-order valence-electron chi connectivity index (χ0n) is 11.3. The summed E-state index contributed by atoms with van der Waals surface area (Å²) in [6.07, 6.45) is -4.31. The van der Waals surface area contributed by atoms with Crippen LogP contribution in [0.1, 0.15) is 6.42 Å². The second kappa shape index (κ2) is 6.73. The van der Waals surface area contributed by atoms with E-state index in [-0.39, 0.29) is 18.9 Å². The van der Waals surface area contributed by atoms with Crippen LogP contribution in [-0.2, 0) is 9.53 Å². The first-order valence-electron chi connectivity index (χ1n) is 6.83. The predicted octanol–water partition coefficient (Wildman–Crippen LogP) is 0.0714. The van der Waals surface area contributed by atoms with Crippen molar-refractivity contribution in [3.63, 3.8) is 0 Å². The van der Waals surface area contributed by atoms with Crippen molar-refractivity contribution in [1.82, 2.24) is 15.1 Å². The van der Waals surface area contributed by atoms with Gasteiger partial charge in [0.15, 0.2) is 0 Å². The van der Waals surface area contributed by atoms with E-state index in [0.29, 0.717) is 19.1 Å². The van der Waals surface area contributed by atoms with Gasteiger partial charge in [-0.1, -0.05) is 0 Å². The number of carbonyl (C=O) groups excluding carboxylic acids is 1. The summed E-state index contributed by atoms with van der Waals surface area (Å²) in [5.74, 6) is -0.126. The summed E-state index contributed by atoms with van der Waals surface area (Å²) < 4.78 is 40.0. The van der Waals surface area contributed by atoms with Gasteiger partial charge in [0.25, 0.3) is 0 Å². The summed E-state index contributed by atoms with van der Waals surface area (Å²) in [5.41, 5.74) is 0. The number of halogens is 3. The van der Waals surface area contributed by atoms with Gasteiger partial charge in [0.1, 0.15) is 6.61 Å². The van der Waals surface area contributed by atoms with Crippen molar-refractivity contribution in [3.05, 3.63) is 0 Å². The predicted molar refractivity (Wildman–Crippen MR) is 66.3 cm³/mol. The van der Waals surface area contributed by atoms with Crippen LogP contribution in [0.5, 0.6) is 0 Å². The lowest BCUT2D eigenvalue weighted by atomic mass is 10.1. The smallest absolute Gasteiger partial charge is 0.372 e. The fourth-order valence-corrected chi connectivity index (χ4v) is 2.37. The Labute approximate surface area is 116 Å². The van der Waals surface area contributed by atoms with Crippen LogP contribution in [0.3, 0.4) is 0 Å². The first kappa shape index (κ1) is 15.5. The molecule has 2 fully saturated rings. The largest absolute Gasteiger partial charge is 0.411 e. The van der Waals surface area contributed by atoms with Crippen LogP contribution in [0.25, 0.3) is 0 Å². The van der Waals surface area contributed by atoms with Gasteiger partial charge >= 0.3 is 6.18 Å². The van der Waals surface area contributed by atoms with Gasteiger partial charge in [-0.15, -0.1) is 0 Å². The number of nitrogens with one attached hydrogen (secondary N) is 1. The number of carbonyl (C=O) groups is 1. The second-order valence-corrected chi connectivity index (χ2v) is 5.15. The highest BCUT2D eigenvalue weighted by atomic mass is 19.4. The molecule has 0 saturated carbocycles. The standard InChI is InChI=1S/C12H20F3N3O2/c13-12(14,15)9-20-6-1-11(19)18-4-2-17(3-5-18)10-7-16-8-10/h10,16H,1-9H2. The van der Waals surface area contributed by atoms with Gasteiger partial charge in [-0.25, -0.2) is 0 Å². The minimum Gasteiger partial charge on any atom is -0.372 e. The van der Waals surface area contributed by atoms with Crippen molar-refractivity contribution in [1.29, 1.82) is 0 Å². The number of alkyl halides is 3. The van der Waals surface area contributed by atoms with E-state index < -0.39 is 12.8 Å². The Morgan fingerprint density at radius 2 is 1.85 bits per heavy atom. The SMILES string of the molecule is O=C(CCOCC(F)(F)F)N1CCN(C2CNC2)CC1. The average Bonchev–Trinajstić information content (AvgIpc) is 2.32. The van der Waals surface area contributed by atoms with Crippen molar-refractivity contribution < 1.29 is 22.7 Å². The van der Waals surface area contributed by atoms with Crippen LogP contribution in [0, 0.1) is 0 Å². The van der Waals surface area contributed by atoms with Crippen molar-refractivity contribution in [3.8, 4) is 0 Å². The number of rotatable bonds is 5. The Morgan fingerprint density at radius 1 is 1.20 bits per heavy atom. The van der Waals surface area contributed by atoms with Crippen LogP contribution in [0.4, 0.5) is 13.2 Å². The molecule has 8 heteroatoms. The van der Waals surface area contributed by atoms with E-state index in [9.17, 15) is 18.0 Å². The molecule has 5 nitrogen and oxygen atoms in total. The third-order valence-electron chi connectivity index (χ3n) is 3.67. The van der Waals surface area contributed by atoms with Gasteiger partial charge in [0.05, 0.1) is 13.0 Å². The Balaban J connectivity index is 1.59. The monoisotopic (exact) mass is 295 g/mol. The number of hydrogen-bond acceptors (Lipinski definition) is 4. The van der Waals surface area contributed by atoms with E-state index in [1.165, 1.54) is 0 Å². The molecule has 116 valence electrons. The van der Waals surface area contributed by atoms with Gasteiger partial charge in [-0.3, -0.25) is 9.69 Å². The molecule has 2 saturated heterocycles. The quantitative estimate of drug-likeness (QED) is 0.729. The fraction of sp³-hybridized carbons (Fsp3) is 0.917. The van der Waals surface area contributed by atoms with Gasteiger partial charge < -0.3 is 15.0 Å². The molecule has 1 amide bonds. The first-order valence-corrected chi connectivity index (χ1v) is 6.83. The lowest BCUT2D eigenvalue weighted by molar-refractivity contribution is -0.175. The molecule has 2 aliphatic rings. The minimum absolute atomic E-state index is 0.0149. The number of hydrogen-bond donors (Lipinski definition) is 1. The molecule has 0 radical (unpaired) electrons. The normalized spacial score (nSPS) is 21.9. The van der Waals surface area contributed by atoms with E-state index >= 15 is 0 Å². The van der Waals surface area contributed by atoms with Crippen LogP contribution >= 0.6 is 0 Å².